The topological polar surface area (TPSA) is 49.9 Å². The Balaban J connectivity index is 1.93. The number of nitrogens with zero attached hydrogens (tertiary/aromatic N) is 2. The van der Waals surface area contributed by atoms with Gasteiger partial charge in [-0.3, -0.25) is 9.59 Å². The van der Waals surface area contributed by atoms with Gasteiger partial charge in [-0.25, -0.2) is 0 Å². The van der Waals surface area contributed by atoms with Gasteiger partial charge < -0.3 is 14.5 Å². The lowest BCUT2D eigenvalue weighted by atomic mass is 10.1. The molecule has 1 aliphatic rings. The molecule has 1 heterocycles. The average molecular weight is 332 g/mol. The van der Waals surface area contributed by atoms with Crippen LogP contribution in [-0.4, -0.2) is 54.9 Å². The standard InChI is InChI=1S/C19H28N2O3/c1-4-6-18(22)20-9-5-10-21(12-11-20)19(23)14-16-7-8-17(24-3)15(2)13-16/h7-8,13H,4-6,9-12,14H2,1-3H3. The molecule has 2 rings (SSSR count). The third kappa shape index (κ3) is 4.73. The fourth-order valence-electron chi connectivity index (χ4n) is 3.13. The van der Waals surface area contributed by atoms with Crippen molar-refractivity contribution in [2.75, 3.05) is 33.3 Å². The Morgan fingerprint density at radius 2 is 1.75 bits per heavy atom. The number of methoxy groups -OCH3 is 1. The van der Waals surface area contributed by atoms with E-state index in [1.54, 1.807) is 7.11 Å². The molecule has 0 aliphatic carbocycles. The first-order valence-corrected chi connectivity index (χ1v) is 8.74. The van der Waals surface area contributed by atoms with E-state index >= 15 is 0 Å². The highest BCUT2D eigenvalue weighted by atomic mass is 16.5. The Bertz CT molecular complexity index is 586. The summed E-state index contributed by atoms with van der Waals surface area (Å²) >= 11 is 0. The van der Waals surface area contributed by atoms with Crippen molar-refractivity contribution in [2.24, 2.45) is 0 Å². The molecule has 1 saturated heterocycles. The van der Waals surface area contributed by atoms with E-state index in [2.05, 4.69) is 0 Å². The minimum atomic E-state index is 0.129. The zero-order valence-electron chi connectivity index (χ0n) is 15.0. The van der Waals surface area contributed by atoms with E-state index in [0.29, 0.717) is 25.9 Å². The van der Waals surface area contributed by atoms with E-state index in [-0.39, 0.29) is 11.8 Å². The summed E-state index contributed by atoms with van der Waals surface area (Å²) in [5.41, 5.74) is 2.04. The van der Waals surface area contributed by atoms with Gasteiger partial charge in [0.1, 0.15) is 5.75 Å². The molecule has 5 nitrogen and oxygen atoms in total. The van der Waals surface area contributed by atoms with Crippen molar-refractivity contribution < 1.29 is 14.3 Å². The number of carbonyl (C=O) groups excluding carboxylic acids is 2. The number of hydrogen-bond donors (Lipinski definition) is 0. The summed E-state index contributed by atoms with van der Waals surface area (Å²) in [5.74, 6) is 1.17. The van der Waals surface area contributed by atoms with Gasteiger partial charge in [0.15, 0.2) is 0 Å². The van der Waals surface area contributed by atoms with Crippen LogP contribution in [0.4, 0.5) is 0 Å². The number of carbonyl (C=O) groups is 2. The SMILES string of the molecule is CCCC(=O)N1CCCN(C(=O)Cc2ccc(OC)c(C)c2)CC1. The van der Waals surface area contributed by atoms with Crippen LogP contribution in [0.25, 0.3) is 0 Å². The maximum atomic E-state index is 12.6. The van der Waals surface area contributed by atoms with Crippen molar-refractivity contribution in [3.05, 3.63) is 29.3 Å². The molecule has 0 unspecified atom stereocenters. The maximum Gasteiger partial charge on any atom is 0.227 e. The molecule has 0 bridgehead atoms. The van der Waals surface area contributed by atoms with Gasteiger partial charge in [-0.15, -0.1) is 0 Å². The first-order valence-electron chi connectivity index (χ1n) is 8.74. The van der Waals surface area contributed by atoms with Crippen molar-refractivity contribution >= 4 is 11.8 Å². The minimum Gasteiger partial charge on any atom is -0.496 e. The second-order valence-electron chi connectivity index (χ2n) is 6.35. The molecule has 132 valence electrons. The van der Waals surface area contributed by atoms with Crippen LogP contribution in [0.5, 0.6) is 5.75 Å². The van der Waals surface area contributed by atoms with E-state index in [0.717, 1.165) is 42.8 Å². The Labute approximate surface area is 144 Å². The molecule has 5 heteroatoms. The van der Waals surface area contributed by atoms with Crippen molar-refractivity contribution in [1.82, 2.24) is 9.80 Å². The molecule has 1 fully saturated rings. The third-order valence-corrected chi connectivity index (χ3v) is 4.48. The smallest absolute Gasteiger partial charge is 0.227 e. The molecule has 0 saturated carbocycles. The van der Waals surface area contributed by atoms with Crippen LogP contribution in [0.15, 0.2) is 18.2 Å². The number of benzene rings is 1. The van der Waals surface area contributed by atoms with Crippen LogP contribution in [0.3, 0.4) is 0 Å². The molecular weight excluding hydrogens is 304 g/mol. The zero-order chi connectivity index (χ0) is 17.5. The summed E-state index contributed by atoms with van der Waals surface area (Å²) in [6, 6.07) is 5.86. The molecule has 0 atom stereocenters. The number of amides is 2. The van der Waals surface area contributed by atoms with E-state index < -0.39 is 0 Å². The predicted molar refractivity (Wildman–Crippen MR) is 94.1 cm³/mol. The van der Waals surface area contributed by atoms with E-state index in [9.17, 15) is 9.59 Å². The average Bonchev–Trinajstić information content (AvgIpc) is 2.81. The molecule has 1 aromatic carbocycles. The van der Waals surface area contributed by atoms with Crippen LogP contribution >= 0.6 is 0 Å². The quantitative estimate of drug-likeness (QED) is 0.832. The van der Waals surface area contributed by atoms with Gasteiger partial charge in [0, 0.05) is 32.6 Å². The zero-order valence-corrected chi connectivity index (χ0v) is 15.0. The number of hydrogen-bond acceptors (Lipinski definition) is 3. The first-order chi connectivity index (χ1) is 11.5. The highest BCUT2D eigenvalue weighted by Gasteiger charge is 2.21. The fraction of sp³-hybridized carbons (Fsp3) is 0.579. The fourth-order valence-corrected chi connectivity index (χ4v) is 3.13. The molecule has 0 N–H and O–H groups in total. The summed E-state index contributed by atoms with van der Waals surface area (Å²) in [7, 11) is 1.65. The third-order valence-electron chi connectivity index (χ3n) is 4.48. The predicted octanol–water partition coefficient (Wildman–Crippen LogP) is 2.41. The summed E-state index contributed by atoms with van der Waals surface area (Å²) in [5, 5.41) is 0. The van der Waals surface area contributed by atoms with Gasteiger partial charge in [0.2, 0.25) is 11.8 Å². The maximum absolute atomic E-state index is 12.6. The summed E-state index contributed by atoms with van der Waals surface area (Å²) < 4.78 is 5.26. The van der Waals surface area contributed by atoms with Crippen LogP contribution in [0.2, 0.25) is 0 Å². The Morgan fingerprint density at radius 1 is 1.08 bits per heavy atom. The lowest BCUT2D eigenvalue weighted by Gasteiger charge is -2.22. The van der Waals surface area contributed by atoms with E-state index in [1.807, 2.05) is 41.8 Å². The van der Waals surface area contributed by atoms with Crippen molar-refractivity contribution in [3.8, 4) is 5.75 Å². The van der Waals surface area contributed by atoms with Gasteiger partial charge in [-0.1, -0.05) is 19.1 Å². The van der Waals surface area contributed by atoms with Gasteiger partial charge in [0.05, 0.1) is 13.5 Å². The largest absolute Gasteiger partial charge is 0.496 e. The van der Waals surface area contributed by atoms with Crippen LogP contribution in [0, 0.1) is 6.92 Å². The summed E-state index contributed by atoms with van der Waals surface area (Å²) in [4.78, 5) is 28.4. The summed E-state index contributed by atoms with van der Waals surface area (Å²) in [6.45, 7) is 6.75. The van der Waals surface area contributed by atoms with Gasteiger partial charge >= 0.3 is 0 Å². The first kappa shape index (κ1) is 18.3. The number of aryl methyl sites for hydroxylation is 1. The molecule has 24 heavy (non-hydrogen) atoms. The van der Waals surface area contributed by atoms with Crippen LogP contribution in [0.1, 0.15) is 37.3 Å². The second-order valence-corrected chi connectivity index (χ2v) is 6.35. The highest BCUT2D eigenvalue weighted by Crippen LogP contribution is 2.19. The highest BCUT2D eigenvalue weighted by molar-refractivity contribution is 5.79. The molecule has 2 amide bonds. The van der Waals surface area contributed by atoms with E-state index in [1.165, 1.54) is 0 Å². The molecule has 1 aromatic rings. The lowest BCUT2D eigenvalue weighted by Crippen LogP contribution is -2.37. The Morgan fingerprint density at radius 3 is 2.33 bits per heavy atom. The summed E-state index contributed by atoms with van der Waals surface area (Å²) in [6.07, 6.45) is 2.71. The lowest BCUT2D eigenvalue weighted by molar-refractivity contribution is -0.133. The molecule has 1 aliphatic heterocycles. The Hall–Kier alpha value is -2.04. The molecule has 0 aromatic heterocycles. The second kappa shape index (κ2) is 8.71. The Kier molecular flexibility index (Phi) is 6.64. The van der Waals surface area contributed by atoms with Gasteiger partial charge in [-0.2, -0.15) is 0 Å². The number of ether oxygens (including phenoxy) is 1. The van der Waals surface area contributed by atoms with E-state index in [4.69, 9.17) is 4.74 Å². The van der Waals surface area contributed by atoms with Crippen molar-refractivity contribution in [1.29, 1.82) is 0 Å². The monoisotopic (exact) mass is 332 g/mol. The minimum absolute atomic E-state index is 0.129. The van der Waals surface area contributed by atoms with Crippen LogP contribution in [-0.2, 0) is 16.0 Å². The molecular formula is C19H28N2O3. The van der Waals surface area contributed by atoms with Crippen LogP contribution < -0.4 is 4.74 Å². The van der Waals surface area contributed by atoms with Crippen molar-refractivity contribution in [3.63, 3.8) is 0 Å². The van der Waals surface area contributed by atoms with Gasteiger partial charge in [-0.05, 0) is 37.0 Å². The normalized spacial score (nSPS) is 15.1. The van der Waals surface area contributed by atoms with Gasteiger partial charge in [0.25, 0.3) is 0 Å². The number of rotatable bonds is 5. The van der Waals surface area contributed by atoms with Crippen molar-refractivity contribution in [2.45, 2.75) is 39.5 Å². The molecule has 0 spiro atoms. The molecule has 0 radical (unpaired) electrons.